The number of carboxylic acid groups (broad SMARTS) is 1. The van der Waals surface area contributed by atoms with Crippen LogP contribution in [0.15, 0.2) is 17.2 Å². The fourth-order valence-corrected chi connectivity index (χ4v) is 4.14. The third kappa shape index (κ3) is 5.18. The molecule has 3 N–H and O–H groups in total. The van der Waals surface area contributed by atoms with E-state index in [1.54, 1.807) is 31.0 Å². The van der Waals surface area contributed by atoms with Gasteiger partial charge in [0.25, 0.3) is 6.47 Å². The molecule has 1 aromatic rings. The third-order valence-electron chi connectivity index (χ3n) is 5.26. The van der Waals surface area contributed by atoms with E-state index in [2.05, 4.69) is 15.2 Å². The number of hydrogen-bond donors (Lipinski definition) is 3. The largest absolute Gasteiger partial charge is 0.483 e. The molecule has 1 aliphatic heterocycles. The summed E-state index contributed by atoms with van der Waals surface area (Å²) < 4.78 is 7.31. The number of imidazole rings is 1. The second kappa shape index (κ2) is 9.54. The molecular weight excluding hydrogens is 340 g/mol. The number of likely N-dealkylation sites (tertiary alicyclic amines) is 1. The smallest absolute Gasteiger partial charge is 0.325 e. The van der Waals surface area contributed by atoms with Crippen molar-refractivity contribution in [2.24, 2.45) is 11.8 Å². The summed E-state index contributed by atoms with van der Waals surface area (Å²) in [6.07, 6.45) is 5.54. The quantitative estimate of drug-likeness (QED) is 0.617. The van der Waals surface area contributed by atoms with E-state index in [4.69, 9.17) is 14.6 Å². The first kappa shape index (κ1) is 20.2. The Balaban J connectivity index is 0.000000758. The van der Waals surface area contributed by atoms with Gasteiger partial charge in [-0.25, -0.2) is 4.79 Å². The van der Waals surface area contributed by atoms with E-state index in [0.717, 1.165) is 32.5 Å². The second-order valence-electron chi connectivity index (χ2n) is 6.90. The van der Waals surface area contributed by atoms with Gasteiger partial charge in [-0.15, -0.1) is 0 Å². The van der Waals surface area contributed by atoms with Crippen molar-refractivity contribution in [3.8, 4) is 0 Å². The first-order valence-corrected chi connectivity index (χ1v) is 8.82. The number of aromatic amines is 1. The maximum atomic E-state index is 11.5. The topological polar surface area (TPSA) is 117 Å². The number of H-pyrrole nitrogens is 1. The van der Waals surface area contributed by atoms with Crippen LogP contribution in [0.3, 0.4) is 0 Å². The normalized spacial score (nSPS) is 27.9. The Morgan fingerprint density at radius 1 is 1.38 bits per heavy atom. The number of carbonyl (C=O) groups excluding carboxylic acids is 1. The Morgan fingerprint density at radius 3 is 2.58 bits per heavy atom. The lowest BCUT2D eigenvalue weighted by Crippen LogP contribution is -2.49. The zero-order valence-electron chi connectivity index (χ0n) is 15.3. The summed E-state index contributed by atoms with van der Waals surface area (Å²) in [5.41, 5.74) is -0.0493. The van der Waals surface area contributed by atoms with Crippen LogP contribution in [0.5, 0.6) is 0 Å². The highest BCUT2D eigenvalue weighted by molar-refractivity contribution is 5.73. The molecule has 0 spiro atoms. The van der Waals surface area contributed by atoms with Gasteiger partial charge in [0, 0.05) is 52.6 Å². The van der Waals surface area contributed by atoms with Crippen LogP contribution in [0.1, 0.15) is 19.8 Å². The van der Waals surface area contributed by atoms with Crippen LogP contribution in [-0.2, 0) is 20.9 Å². The summed E-state index contributed by atoms with van der Waals surface area (Å²) in [5, 5.41) is 9.93. The first-order valence-electron chi connectivity index (χ1n) is 8.82. The van der Waals surface area contributed by atoms with E-state index in [1.165, 1.54) is 0 Å². The molecule has 1 saturated carbocycles. The number of carbonyl (C=O) groups is 2. The van der Waals surface area contributed by atoms with Gasteiger partial charge in [0.05, 0.1) is 12.1 Å². The molecule has 0 unspecified atom stereocenters. The van der Waals surface area contributed by atoms with Gasteiger partial charge in [-0.2, -0.15) is 0 Å². The maximum absolute atomic E-state index is 11.5. The Bertz CT molecular complexity index is 643. The predicted octanol–water partition coefficient (Wildman–Crippen LogP) is -0.261. The Hall–Kier alpha value is -2.13. The molecule has 1 aromatic heterocycles. The highest BCUT2D eigenvalue weighted by atomic mass is 16.5. The van der Waals surface area contributed by atoms with Crippen LogP contribution in [0.2, 0.25) is 0 Å². The number of nitrogens with one attached hydrogen (secondary N) is 2. The van der Waals surface area contributed by atoms with Crippen LogP contribution >= 0.6 is 0 Å². The Labute approximate surface area is 152 Å². The summed E-state index contributed by atoms with van der Waals surface area (Å²) in [6.45, 7) is 5.00. The van der Waals surface area contributed by atoms with Gasteiger partial charge in [0.2, 0.25) is 5.91 Å². The van der Waals surface area contributed by atoms with Crippen molar-refractivity contribution < 1.29 is 19.4 Å². The van der Waals surface area contributed by atoms with E-state index in [9.17, 15) is 9.59 Å². The minimum absolute atomic E-state index is 0.0113. The molecule has 1 saturated heterocycles. The van der Waals surface area contributed by atoms with Crippen molar-refractivity contribution in [3.05, 3.63) is 22.9 Å². The molecule has 3 rings (SSSR count). The van der Waals surface area contributed by atoms with Gasteiger partial charge >= 0.3 is 5.69 Å². The molecule has 146 valence electrons. The Kier molecular flexibility index (Phi) is 7.40. The Morgan fingerprint density at radius 2 is 2.04 bits per heavy atom. The van der Waals surface area contributed by atoms with E-state index in [1.807, 2.05) is 0 Å². The number of nitrogens with zero attached hydrogens (tertiary/aromatic N) is 2. The van der Waals surface area contributed by atoms with Gasteiger partial charge in [-0.3, -0.25) is 14.2 Å². The molecule has 9 heteroatoms. The van der Waals surface area contributed by atoms with Crippen LogP contribution in [0.4, 0.5) is 0 Å². The van der Waals surface area contributed by atoms with Crippen molar-refractivity contribution in [1.29, 1.82) is 0 Å². The molecule has 0 aromatic carbocycles. The number of amides is 1. The average molecular weight is 368 g/mol. The average Bonchev–Trinajstić information content (AvgIpc) is 3.17. The van der Waals surface area contributed by atoms with Crippen LogP contribution in [0.25, 0.3) is 0 Å². The number of methoxy groups -OCH3 is 1. The number of fused-ring (bicyclic) bond motifs is 1. The predicted molar refractivity (Wildman–Crippen MR) is 94.8 cm³/mol. The first-order chi connectivity index (χ1) is 12.5. The highest BCUT2D eigenvalue weighted by Gasteiger charge is 2.42. The molecular formula is C17H28N4O5. The number of ether oxygens (including phenoxy) is 1. The lowest BCUT2D eigenvalue weighted by Gasteiger charge is -2.37. The van der Waals surface area contributed by atoms with Crippen molar-refractivity contribution in [1.82, 2.24) is 19.8 Å². The van der Waals surface area contributed by atoms with Crippen LogP contribution in [0, 0.1) is 11.8 Å². The van der Waals surface area contributed by atoms with Gasteiger partial charge in [-0.1, -0.05) is 0 Å². The number of aromatic nitrogens is 2. The lowest BCUT2D eigenvalue weighted by atomic mass is 9.77. The van der Waals surface area contributed by atoms with E-state index < -0.39 is 0 Å². The van der Waals surface area contributed by atoms with Crippen LogP contribution in [-0.4, -0.2) is 70.8 Å². The van der Waals surface area contributed by atoms with E-state index in [-0.39, 0.29) is 30.2 Å². The standard InChI is InChI=1S/C16H26N4O3.CH2O2/c1-11(21)18-14-7-12-9-19(10-13(12)8-15(14)23-2)5-6-20-4-3-17-16(20)22;2-1-3/h3-4,12-15H,5-10H2,1-2H3,(H,17,22)(H,18,21);1H,(H,2,3)/t12-,13+,14-,15-;/m1./s1. The van der Waals surface area contributed by atoms with E-state index >= 15 is 0 Å². The monoisotopic (exact) mass is 368 g/mol. The van der Waals surface area contributed by atoms with Gasteiger partial charge < -0.3 is 25.0 Å². The summed E-state index contributed by atoms with van der Waals surface area (Å²) in [7, 11) is 1.73. The molecule has 2 aliphatic rings. The maximum Gasteiger partial charge on any atom is 0.325 e. The zero-order chi connectivity index (χ0) is 19.1. The molecule has 2 heterocycles. The van der Waals surface area contributed by atoms with Crippen LogP contribution < -0.4 is 11.0 Å². The summed E-state index contributed by atoms with van der Waals surface area (Å²) >= 11 is 0. The molecule has 26 heavy (non-hydrogen) atoms. The minimum Gasteiger partial charge on any atom is -0.483 e. The van der Waals surface area contributed by atoms with Crippen molar-refractivity contribution >= 4 is 12.4 Å². The highest BCUT2D eigenvalue weighted by Crippen LogP contribution is 2.37. The van der Waals surface area contributed by atoms with Crippen molar-refractivity contribution in [2.45, 2.75) is 38.5 Å². The number of hydrogen-bond acceptors (Lipinski definition) is 5. The summed E-state index contributed by atoms with van der Waals surface area (Å²) in [4.78, 5) is 36.4. The molecule has 1 aliphatic carbocycles. The van der Waals surface area contributed by atoms with E-state index in [0.29, 0.717) is 18.4 Å². The van der Waals surface area contributed by atoms with Crippen molar-refractivity contribution in [3.63, 3.8) is 0 Å². The lowest BCUT2D eigenvalue weighted by molar-refractivity contribution is -0.123. The number of rotatable bonds is 5. The molecule has 4 atom stereocenters. The molecule has 9 nitrogen and oxygen atoms in total. The minimum atomic E-state index is -0.250. The molecule has 0 radical (unpaired) electrons. The summed E-state index contributed by atoms with van der Waals surface area (Å²) in [6, 6.07) is 0.117. The fourth-order valence-electron chi connectivity index (χ4n) is 4.14. The molecule has 1 amide bonds. The van der Waals surface area contributed by atoms with Gasteiger partial charge in [0.15, 0.2) is 0 Å². The van der Waals surface area contributed by atoms with Crippen molar-refractivity contribution in [2.75, 3.05) is 26.7 Å². The second-order valence-corrected chi connectivity index (χ2v) is 6.90. The summed E-state index contributed by atoms with van der Waals surface area (Å²) in [5.74, 6) is 1.23. The van der Waals surface area contributed by atoms with Gasteiger partial charge in [-0.05, 0) is 24.7 Å². The SMILES string of the molecule is CO[C@@H]1C[C@H]2CN(CCn3cc[nH]c3=O)C[C@H]2C[C@H]1NC(C)=O.O=CO. The fraction of sp³-hybridized carbons (Fsp3) is 0.706. The molecule has 2 fully saturated rings. The third-order valence-corrected chi connectivity index (χ3v) is 5.26. The molecule has 0 bridgehead atoms. The zero-order valence-corrected chi connectivity index (χ0v) is 15.3. The van der Waals surface area contributed by atoms with Gasteiger partial charge in [0.1, 0.15) is 0 Å².